The van der Waals surface area contributed by atoms with Crippen molar-refractivity contribution < 1.29 is 0 Å². The van der Waals surface area contributed by atoms with E-state index in [1.54, 1.807) is 11.3 Å². The monoisotopic (exact) mass is 240 g/mol. The number of aryl methyl sites for hydroxylation is 1. The smallest absolute Gasteiger partial charge is 0.0897 e. The Morgan fingerprint density at radius 3 is 2.56 bits per heavy atom. The molecular weight excluding hydrogens is 216 g/mol. The number of hydrogen-bond acceptors (Lipinski definition) is 3. The van der Waals surface area contributed by atoms with Gasteiger partial charge in [0.15, 0.2) is 0 Å². The molecule has 16 heavy (non-hydrogen) atoms. The Morgan fingerprint density at radius 2 is 2.12 bits per heavy atom. The highest BCUT2D eigenvalue weighted by atomic mass is 32.1. The quantitative estimate of drug-likeness (QED) is 0.853. The molecule has 0 radical (unpaired) electrons. The zero-order chi connectivity index (χ0) is 12.2. The Hall–Kier alpha value is -0.410. The van der Waals surface area contributed by atoms with Crippen LogP contribution in [-0.4, -0.2) is 17.6 Å². The second-order valence-corrected chi connectivity index (χ2v) is 6.64. The molecule has 0 aromatic carbocycles. The molecule has 0 saturated heterocycles. The van der Waals surface area contributed by atoms with Crippen molar-refractivity contribution in [1.29, 1.82) is 0 Å². The van der Waals surface area contributed by atoms with Crippen LogP contribution in [0.15, 0.2) is 5.38 Å². The molecule has 0 bridgehead atoms. The minimum absolute atomic E-state index is 0.373. The molecule has 1 aromatic rings. The standard InChI is InChI=1S/C13H24N2S/c1-6-14-11(8-13(3,4)5)7-12-9-16-10(2)15-12/h9,11,14H,6-8H2,1-5H3. The number of nitrogens with zero attached hydrogens (tertiary/aromatic N) is 1. The maximum absolute atomic E-state index is 4.54. The SMILES string of the molecule is CCNC(Cc1csc(C)n1)CC(C)(C)C. The van der Waals surface area contributed by atoms with Gasteiger partial charge in [0, 0.05) is 17.8 Å². The molecule has 1 unspecified atom stereocenters. The van der Waals surface area contributed by atoms with E-state index in [9.17, 15) is 0 Å². The van der Waals surface area contributed by atoms with E-state index >= 15 is 0 Å². The zero-order valence-electron chi connectivity index (χ0n) is 11.1. The second kappa shape index (κ2) is 5.78. The molecule has 0 saturated carbocycles. The van der Waals surface area contributed by atoms with Gasteiger partial charge in [0.2, 0.25) is 0 Å². The maximum Gasteiger partial charge on any atom is 0.0897 e. The average molecular weight is 240 g/mol. The lowest BCUT2D eigenvalue weighted by Gasteiger charge is -2.26. The van der Waals surface area contributed by atoms with E-state index in [0.29, 0.717) is 11.5 Å². The number of hydrogen-bond donors (Lipinski definition) is 1. The fourth-order valence-corrected chi connectivity index (χ4v) is 2.62. The summed E-state index contributed by atoms with van der Waals surface area (Å²) in [7, 11) is 0. The van der Waals surface area contributed by atoms with Gasteiger partial charge in [-0.25, -0.2) is 4.98 Å². The summed E-state index contributed by atoms with van der Waals surface area (Å²) >= 11 is 1.74. The molecule has 1 aromatic heterocycles. The van der Waals surface area contributed by atoms with Crippen LogP contribution in [0.2, 0.25) is 0 Å². The van der Waals surface area contributed by atoms with E-state index in [-0.39, 0.29) is 0 Å². The molecule has 1 heterocycles. The molecule has 92 valence electrons. The summed E-state index contributed by atoms with van der Waals surface area (Å²) in [5, 5.41) is 6.91. The van der Waals surface area contributed by atoms with Crippen LogP contribution in [0.3, 0.4) is 0 Å². The Labute approximate surface area is 103 Å². The first kappa shape index (κ1) is 13.7. The number of nitrogens with one attached hydrogen (secondary N) is 1. The predicted octanol–water partition coefficient (Wildman–Crippen LogP) is 3.41. The highest BCUT2D eigenvalue weighted by Crippen LogP contribution is 2.23. The van der Waals surface area contributed by atoms with Crippen molar-refractivity contribution in [2.45, 2.75) is 53.5 Å². The largest absolute Gasteiger partial charge is 0.314 e. The molecule has 0 fully saturated rings. The number of aromatic nitrogens is 1. The van der Waals surface area contributed by atoms with Crippen molar-refractivity contribution in [3.8, 4) is 0 Å². The molecule has 3 heteroatoms. The maximum atomic E-state index is 4.54. The summed E-state index contributed by atoms with van der Waals surface area (Å²) < 4.78 is 0. The summed E-state index contributed by atoms with van der Waals surface area (Å²) in [6.45, 7) is 12.2. The highest BCUT2D eigenvalue weighted by molar-refractivity contribution is 7.09. The third kappa shape index (κ3) is 5.08. The third-order valence-electron chi connectivity index (χ3n) is 2.47. The number of rotatable bonds is 5. The van der Waals surface area contributed by atoms with Gasteiger partial charge in [-0.05, 0) is 25.3 Å². The van der Waals surface area contributed by atoms with E-state index in [2.05, 4.69) is 50.3 Å². The second-order valence-electron chi connectivity index (χ2n) is 5.58. The van der Waals surface area contributed by atoms with Crippen molar-refractivity contribution >= 4 is 11.3 Å². The minimum Gasteiger partial charge on any atom is -0.314 e. The van der Waals surface area contributed by atoms with Crippen LogP contribution in [0.25, 0.3) is 0 Å². The first-order chi connectivity index (χ1) is 7.40. The third-order valence-corrected chi connectivity index (χ3v) is 3.30. The van der Waals surface area contributed by atoms with Crippen molar-refractivity contribution in [3.63, 3.8) is 0 Å². The van der Waals surface area contributed by atoms with Crippen molar-refractivity contribution in [3.05, 3.63) is 16.1 Å². The van der Waals surface area contributed by atoms with Gasteiger partial charge < -0.3 is 5.32 Å². The molecule has 0 aliphatic carbocycles. The first-order valence-corrected chi connectivity index (χ1v) is 6.93. The van der Waals surface area contributed by atoms with E-state index in [4.69, 9.17) is 0 Å². The van der Waals surface area contributed by atoms with Crippen LogP contribution in [0.5, 0.6) is 0 Å². The molecule has 2 nitrogen and oxygen atoms in total. The van der Waals surface area contributed by atoms with Gasteiger partial charge in [0.1, 0.15) is 0 Å². The van der Waals surface area contributed by atoms with Gasteiger partial charge in [-0.3, -0.25) is 0 Å². The van der Waals surface area contributed by atoms with E-state index < -0.39 is 0 Å². The lowest BCUT2D eigenvalue weighted by Crippen LogP contribution is -2.34. The van der Waals surface area contributed by atoms with Gasteiger partial charge in [-0.2, -0.15) is 0 Å². The molecule has 0 aliphatic rings. The molecule has 0 aliphatic heterocycles. The topological polar surface area (TPSA) is 24.9 Å². The van der Waals surface area contributed by atoms with Crippen LogP contribution in [0, 0.1) is 12.3 Å². The Balaban J connectivity index is 2.57. The minimum atomic E-state index is 0.373. The van der Waals surface area contributed by atoms with E-state index in [1.165, 1.54) is 17.1 Å². The van der Waals surface area contributed by atoms with Crippen LogP contribution in [0.4, 0.5) is 0 Å². The van der Waals surface area contributed by atoms with Gasteiger partial charge in [0.25, 0.3) is 0 Å². The van der Waals surface area contributed by atoms with Crippen molar-refractivity contribution in [2.75, 3.05) is 6.54 Å². The molecule has 1 atom stereocenters. The molecule has 0 spiro atoms. The lowest BCUT2D eigenvalue weighted by molar-refractivity contribution is 0.308. The zero-order valence-corrected chi connectivity index (χ0v) is 11.9. The molecule has 0 amide bonds. The summed E-state index contributed by atoms with van der Waals surface area (Å²) in [6, 6.07) is 0.548. The molecule has 1 N–H and O–H groups in total. The average Bonchev–Trinajstić information content (AvgIpc) is 2.48. The highest BCUT2D eigenvalue weighted by Gasteiger charge is 2.19. The Kier molecular flexibility index (Phi) is 4.93. The Bertz CT molecular complexity index is 312. The normalized spacial score (nSPS) is 14.1. The summed E-state index contributed by atoms with van der Waals surface area (Å²) in [6.07, 6.45) is 2.24. The lowest BCUT2D eigenvalue weighted by atomic mass is 9.86. The number of thiazole rings is 1. The van der Waals surface area contributed by atoms with E-state index in [1.807, 2.05) is 0 Å². The molecule has 1 rings (SSSR count). The van der Waals surface area contributed by atoms with Gasteiger partial charge in [0.05, 0.1) is 10.7 Å². The van der Waals surface area contributed by atoms with Gasteiger partial charge in [-0.15, -0.1) is 11.3 Å². The summed E-state index contributed by atoms with van der Waals surface area (Å²) in [4.78, 5) is 4.54. The van der Waals surface area contributed by atoms with Crippen LogP contribution >= 0.6 is 11.3 Å². The molecular formula is C13H24N2S. The van der Waals surface area contributed by atoms with E-state index in [0.717, 1.165) is 13.0 Å². The summed E-state index contributed by atoms with van der Waals surface area (Å²) in [5.74, 6) is 0. The summed E-state index contributed by atoms with van der Waals surface area (Å²) in [5.41, 5.74) is 1.61. The van der Waals surface area contributed by atoms with Crippen LogP contribution in [-0.2, 0) is 6.42 Å². The van der Waals surface area contributed by atoms with Crippen LogP contribution in [0.1, 0.15) is 44.8 Å². The predicted molar refractivity (Wildman–Crippen MR) is 72.1 cm³/mol. The van der Waals surface area contributed by atoms with Gasteiger partial charge in [-0.1, -0.05) is 27.7 Å². The number of likely N-dealkylation sites (N-methyl/N-ethyl adjacent to an activating group) is 1. The first-order valence-electron chi connectivity index (χ1n) is 6.05. The van der Waals surface area contributed by atoms with Crippen molar-refractivity contribution in [2.24, 2.45) is 5.41 Å². The fraction of sp³-hybridized carbons (Fsp3) is 0.769. The van der Waals surface area contributed by atoms with Gasteiger partial charge >= 0.3 is 0 Å². The van der Waals surface area contributed by atoms with Crippen molar-refractivity contribution in [1.82, 2.24) is 10.3 Å². The van der Waals surface area contributed by atoms with Crippen LogP contribution < -0.4 is 5.32 Å². The fourth-order valence-electron chi connectivity index (χ4n) is 2.00. The Morgan fingerprint density at radius 1 is 1.44 bits per heavy atom.